The van der Waals surface area contributed by atoms with Crippen molar-refractivity contribution < 1.29 is 9.53 Å². The second-order valence-electron chi connectivity index (χ2n) is 4.71. The third kappa shape index (κ3) is 3.68. The molecule has 0 radical (unpaired) electrons. The van der Waals surface area contributed by atoms with E-state index in [0.29, 0.717) is 12.2 Å². The average molecular weight is 274 g/mol. The summed E-state index contributed by atoms with van der Waals surface area (Å²) in [4.78, 5) is 19.7. The normalized spacial score (nSPS) is 16.3. The number of methoxy groups -OCH3 is 1. The zero-order valence-corrected chi connectivity index (χ0v) is 11.6. The molecular weight excluding hydrogens is 256 g/mol. The molecule has 1 aromatic heterocycles. The summed E-state index contributed by atoms with van der Waals surface area (Å²) in [6.45, 7) is 3.80. The lowest BCUT2D eigenvalue weighted by Crippen LogP contribution is -2.34. The lowest BCUT2D eigenvalue weighted by molar-refractivity contribution is -0.141. The highest BCUT2D eigenvalue weighted by molar-refractivity contribution is 5.71. The van der Waals surface area contributed by atoms with Gasteiger partial charge < -0.3 is 9.64 Å². The van der Waals surface area contributed by atoms with E-state index in [9.17, 15) is 4.79 Å². The molecule has 0 bridgehead atoms. The molecule has 0 atom stereocenters. The topological polar surface area (TPSA) is 69.5 Å². The molecule has 0 saturated carbocycles. The predicted molar refractivity (Wildman–Crippen MR) is 74.2 cm³/mol. The van der Waals surface area contributed by atoms with Crippen LogP contribution in [0.2, 0.25) is 0 Å². The number of carbonyl (C=O) groups excluding carboxylic acids is 1. The number of pyridine rings is 1. The highest BCUT2D eigenvalue weighted by atomic mass is 16.5. The standard InChI is InChI=1S/C14H18N4O2/c1-20-14(19)11-17-5-2-6-18(8-7-17)13-4-3-12(9-15)16-10-13/h3-4,10H,2,5-8,11H2,1H3. The number of nitriles is 1. The molecule has 0 N–H and O–H groups in total. The van der Waals surface area contributed by atoms with E-state index in [4.69, 9.17) is 10.00 Å². The van der Waals surface area contributed by atoms with Gasteiger partial charge in [0, 0.05) is 26.2 Å². The monoisotopic (exact) mass is 274 g/mol. The second-order valence-corrected chi connectivity index (χ2v) is 4.71. The third-order valence-electron chi connectivity index (χ3n) is 3.40. The first-order chi connectivity index (χ1) is 9.72. The second kappa shape index (κ2) is 6.87. The van der Waals surface area contributed by atoms with Crippen LogP contribution in [0.1, 0.15) is 12.1 Å². The summed E-state index contributed by atoms with van der Waals surface area (Å²) in [6.07, 6.45) is 2.71. The fourth-order valence-corrected chi connectivity index (χ4v) is 2.27. The fraction of sp³-hybridized carbons (Fsp3) is 0.500. The Hall–Kier alpha value is -2.13. The first kappa shape index (κ1) is 14.3. The Morgan fingerprint density at radius 2 is 2.25 bits per heavy atom. The smallest absolute Gasteiger partial charge is 0.319 e. The van der Waals surface area contributed by atoms with Gasteiger partial charge in [-0.1, -0.05) is 0 Å². The summed E-state index contributed by atoms with van der Waals surface area (Å²) >= 11 is 0. The van der Waals surface area contributed by atoms with Gasteiger partial charge in [0.2, 0.25) is 0 Å². The molecule has 2 rings (SSSR count). The van der Waals surface area contributed by atoms with Crippen molar-refractivity contribution in [2.75, 3.05) is 44.7 Å². The number of nitrogens with zero attached hydrogens (tertiary/aromatic N) is 4. The van der Waals surface area contributed by atoms with E-state index in [0.717, 1.165) is 38.3 Å². The van der Waals surface area contributed by atoms with Gasteiger partial charge in [-0.05, 0) is 18.6 Å². The van der Waals surface area contributed by atoms with E-state index >= 15 is 0 Å². The summed E-state index contributed by atoms with van der Waals surface area (Å²) in [6, 6.07) is 5.66. The Bertz CT molecular complexity index is 495. The van der Waals surface area contributed by atoms with Gasteiger partial charge >= 0.3 is 5.97 Å². The van der Waals surface area contributed by atoms with Crippen LogP contribution in [0, 0.1) is 11.3 Å². The van der Waals surface area contributed by atoms with Gasteiger partial charge in [0.1, 0.15) is 11.8 Å². The molecule has 0 amide bonds. The van der Waals surface area contributed by atoms with Crippen molar-refractivity contribution in [1.82, 2.24) is 9.88 Å². The van der Waals surface area contributed by atoms with E-state index in [1.165, 1.54) is 7.11 Å². The average Bonchev–Trinajstić information content (AvgIpc) is 2.73. The van der Waals surface area contributed by atoms with Crippen LogP contribution in [-0.2, 0) is 9.53 Å². The number of carbonyl (C=O) groups is 1. The molecule has 0 spiro atoms. The Morgan fingerprint density at radius 1 is 1.40 bits per heavy atom. The van der Waals surface area contributed by atoms with Crippen molar-refractivity contribution in [3.8, 4) is 6.07 Å². The van der Waals surface area contributed by atoms with Crippen LogP contribution in [0.25, 0.3) is 0 Å². The minimum atomic E-state index is -0.196. The van der Waals surface area contributed by atoms with Gasteiger partial charge in [0.05, 0.1) is 25.5 Å². The van der Waals surface area contributed by atoms with Crippen molar-refractivity contribution in [1.29, 1.82) is 5.26 Å². The van der Waals surface area contributed by atoms with Gasteiger partial charge in [-0.3, -0.25) is 9.69 Å². The Kier molecular flexibility index (Phi) is 4.91. The first-order valence-electron chi connectivity index (χ1n) is 6.63. The molecule has 0 aliphatic carbocycles. The van der Waals surface area contributed by atoms with E-state index in [-0.39, 0.29) is 5.97 Å². The van der Waals surface area contributed by atoms with Crippen LogP contribution in [0.4, 0.5) is 5.69 Å². The van der Waals surface area contributed by atoms with Crippen molar-refractivity contribution in [3.05, 3.63) is 24.0 Å². The first-order valence-corrected chi connectivity index (χ1v) is 6.63. The van der Waals surface area contributed by atoms with Crippen molar-refractivity contribution >= 4 is 11.7 Å². The van der Waals surface area contributed by atoms with Gasteiger partial charge in [0.25, 0.3) is 0 Å². The Labute approximate surface area is 118 Å². The maximum absolute atomic E-state index is 11.3. The maximum atomic E-state index is 11.3. The molecule has 6 nitrogen and oxygen atoms in total. The lowest BCUT2D eigenvalue weighted by atomic mass is 10.3. The molecule has 1 aromatic rings. The summed E-state index contributed by atoms with van der Waals surface area (Å²) in [5.41, 5.74) is 1.44. The van der Waals surface area contributed by atoms with E-state index in [1.807, 2.05) is 12.1 Å². The number of anilines is 1. The maximum Gasteiger partial charge on any atom is 0.319 e. The minimum Gasteiger partial charge on any atom is -0.468 e. The zero-order chi connectivity index (χ0) is 14.4. The Morgan fingerprint density at radius 3 is 2.90 bits per heavy atom. The molecule has 0 unspecified atom stereocenters. The van der Waals surface area contributed by atoms with E-state index in [1.54, 1.807) is 12.3 Å². The third-order valence-corrected chi connectivity index (χ3v) is 3.40. The number of aromatic nitrogens is 1. The molecule has 1 saturated heterocycles. The van der Waals surface area contributed by atoms with Gasteiger partial charge in [0.15, 0.2) is 0 Å². The quantitative estimate of drug-likeness (QED) is 0.753. The van der Waals surface area contributed by atoms with E-state index in [2.05, 4.69) is 14.8 Å². The lowest BCUT2D eigenvalue weighted by Gasteiger charge is -2.22. The van der Waals surface area contributed by atoms with Crippen LogP contribution in [-0.4, -0.2) is 55.7 Å². The van der Waals surface area contributed by atoms with Gasteiger partial charge in [-0.15, -0.1) is 0 Å². The van der Waals surface area contributed by atoms with Crippen LogP contribution in [0.5, 0.6) is 0 Å². The van der Waals surface area contributed by atoms with Gasteiger partial charge in [-0.25, -0.2) is 4.98 Å². The van der Waals surface area contributed by atoms with E-state index < -0.39 is 0 Å². The number of esters is 1. The van der Waals surface area contributed by atoms with Crippen molar-refractivity contribution in [3.63, 3.8) is 0 Å². The molecular formula is C14H18N4O2. The molecule has 1 fully saturated rings. The Balaban J connectivity index is 1.95. The van der Waals surface area contributed by atoms with Gasteiger partial charge in [-0.2, -0.15) is 5.26 Å². The number of hydrogen-bond acceptors (Lipinski definition) is 6. The summed E-state index contributed by atoms with van der Waals surface area (Å²) in [7, 11) is 1.41. The van der Waals surface area contributed by atoms with Crippen molar-refractivity contribution in [2.45, 2.75) is 6.42 Å². The summed E-state index contributed by atoms with van der Waals surface area (Å²) in [5.74, 6) is -0.196. The number of rotatable bonds is 3. The minimum absolute atomic E-state index is 0.196. The van der Waals surface area contributed by atoms with Crippen molar-refractivity contribution in [2.24, 2.45) is 0 Å². The molecule has 1 aliphatic heterocycles. The number of ether oxygens (including phenoxy) is 1. The molecule has 20 heavy (non-hydrogen) atoms. The van der Waals surface area contributed by atoms with Crippen LogP contribution < -0.4 is 4.90 Å². The van der Waals surface area contributed by atoms with Crippen LogP contribution in [0.3, 0.4) is 0 Å². The summed E-state index contributed by atoms with van der Waals surface area (Å²) < 4.78 is 4.70. The van der Waals surface area contributed by atoms with Crippen LogP contribution >= 0.6 is 0 Å². The number of hydrogen-bond donors (Lipinski definition) is 0. The highest BCUT2D eigenvalue weighted by Crippen LogP contribution is 2.15. The highest BCUT2D eigenvalue weighted by Gasteiger charge is 2.17. The molecule has 1 aliphatic rings. The molecule has 2 heterocycles. The fourth-order valence-electron chi connectivity index (χ4n) is 2.27. The largest absolute Gasteiger partial charge is 0.468 e. The zero-order valence-electron chi connectivity index (χ0n) is 11.6. The molecule has 106 valence electrons. The molecule has 0 aromatic carbocycles. The molecule has 6 heteroatoms. The predicted octanol–water partition coefficient (Wildman–Crippen LogP) is 0.638. The van der Waals surface area contributed by atoms with Crippen LogP contribution in [0.15, 0.2) is 18.3 Å². The summed E-state index contributed by atoms with van der Waals surface area (Å²) in [5, 5.41) is 8.75. The SMILES string of the molecule is COC(=O)CN1CCCN(c2ccc(C#N)nc2)CC1.